The lowest BCUT2D eigenvalue weighted by Gasteiger charge is -2.33. The first-order chi connectivity index (χ1) is 9.35. The van der Waals surface area contributed by atoms with Crippen LogP contribution < -0.4 is 0 Å². The minimum Gasteiger partial charge on any atom is -0.480 e. The number of hydrogen-bond acceptors (Lipinski definition) is 4. The van der Waals surface area contributed by atoms with Crippen molar-refractivity contribution < 1.29 is 18.3 Å². The molecule has 1 heterocycles. The molecule has 1 aliphatic heterocycles. The van der Waals surface area contributed by atoms with E-state index in [1.165, 1.54) is 16.1 Å². The summed E-state index contributed by atoms with van der Waals surface area (Å²) in [7, 11) is -3.52. The van der Waals surface area contributed by atoms with Crippen LogP contribution >= 0.6 is 11.8 Å². The van der Waals surface area contributed by atoms with Gasteiger partial charge in [0.05, 0.1) is 10.6 Å². The maximum atomic E-state index is 12.9. The smallest absolute Gasteiger partial charge is 0.322 e. The van der Waals surface area contributed by atoms with Crippen LogP contribution in [-0.2, 0) is 14.8 Å². The van der Waals surface area contributed by atoms with Crippen LogP contribution in [0.15, 0.2) is 0 Å². The normalized spacial score (nSPS) is 29.9. The Labute approximate surface area is 125 Å². The molecule has 0 aromatic rings. The zero-order valence-corrected chi connectivity index (χ0v) is 13.6. The highest BCUT2D eigenvalue weighted by atomic mass is 32.2. The van der Waals surface area contributed by atoms with Gasteiger partial charge in [-0.15, -0.1) is 11.8 Å². The van der Waals surface area contributed by atoms with Crippen LogP contribution in [0.1, 0.15) is 46.0 Å². The van der Waals surface area contributed by atoms with E-state index in [0.29, 0.717) is 18.6 Å². The van der Waals surface area contributed by atoms with Gasteiger partial charge >= 0.3 is 5.97 Å². The van der Waals surface area contributed by atoms with Crippen molar-refractivity contribution in [2.24, 2.45) is 5.92 Å². The quantitative estimate of drug-likeness (QED) is 0.858. The summed E-state index contributed by atoms with van der Waals surface area (Å²) in [5, 5.41) is 8.69. The molecule has 0 radical (unpaired) electrons. The predicted molar refractivity (Wildman–Crippen MR) is 80.1 cm³/mol. The first kappa shape index (κ1) is 16.1. The van der Waals surface area contributed by atoms with Gasteiger partial charge in [-0.25, -0.2) is 8.42 Å². The number of hydrogen-bond donors (Lipinski definition) is 1. The Hall–Kier alpha value is -0.270. The van der Waals surface area contributed by atoms with Crippen LogP contribution in [-0.4, -0.2) is 46.2 Å². The Bertz CT molecular complexity index is 457. The summed E-state index contributed by atoms with van der Waals surface area (Å²) in [6, 6.07) is -0.903. The van der Waals surface area contributed by atoms with E-state index in [1.54, 1.807) is 0 Å². The van der Waals surface area contributed by atoms with Crippen LogP contribution in [0.2, 0.25) is 0 Å². The minimum absolute atomic E-state index is 0.114. The van der Waals surface area contributed by atoms with E-state index in [9.17, 15) is 18.3 Å². The van der Waals surface area contributed by atoms with E-state index in [-0.39, 0.29) is 11.3 Å². The molecule has 0 aromatic heterocycles. The Kier molecular flexibility index (Phi) is 5.02. The lowest BCUT2D eigenvalue weighted by Crippen LogP contribution is -2.50. The molecular weight excluding hydrogens is 298 g/mol. The second kappa shape index (κ2) is 6.23. The van der Waals surface area contributed by atoms with Crippen LogP contribution in [0.5, 0.6) is 0 Å². The monoisotopic (exact) mass is 321 g/mol. The van der Waals surface area contributed by atoms with Crippen molar-refractivity contribution in [1.82, 2.24) is 4.31 Å². The molecule has 1 saturated heterocycles. The molecule has 20 heavy (non-hydrogen) atoms. The number of carboxylic acid groups (broad SMARTS) is 1. The van der Waals surface area contributed by atoms with Crippen molar-refractivity contribution in [3.8, 4) is 0 Å². The summed E-state index contributed by atoms with van der Waals surface area (Å²) in [6.07, 6.45) is 4.27. The summed E-state index contributed by atoms with van der Waals surface area (Å²) < 4.78 is 27.0. The third-order valence-electron chi connectivity index (χ3n) is 4.11. The lowest BCUT2D eigenvalue weighted by atomic mass is 10.0. The van der Waals surface area contributed by atoms with Crippen molar-refractivity contribution in [3.05, 3.63) is 0 Å². The minimum atomic E-state index is -3.52. The molecule has 1 N–H and O–H groups in total. The van der Waals surface area contributed by atoms with Gasteiger partial charge in [0.2, 0.25) is 10.0 Å². The topological polar surface area (TPSA) is 74.7 Å². The van der Waals surface area contributed by atoms with Gasteiger partial charge in [-0.1, -0.05) is 33.1 Å². The maximum Gasteiger partial charge on any atom is 0.322 e. The number of thioether (sulfide) groups is 1. The van der Waals surface area contributed by atoms with E-state index >= 15 is 0 Å². The van der Waals surface area contributed by atoms with Gasteiger partial charge in [-0.05, 0) is 18.8 Å². The van der Waals surface area contributed by atoms with Crippen LogP contribution in [0, 0.1) is 5.92 Å². The van der Waals surface area contributed by atoms with Crippen molar-refractivity contribution in [2.45, 2.75) is 62.6 Å². The molecule has 2 fully saturated rings. The molecule has 2 rings (SSSR count). The van der Waals surface area contributed by atoms with E-state index < -0.39 is 27.3 Å². The number of sulfonamides is 1. The largest absolute Gasteiger partial charge is 0.480 e. The first-order valence-corrected chi connectivity index (χ1v) is 9.77. The number of nitrogens with zero attached hydrogens (tertiary/aromatic N) is 1. The van der Waals surface area contributed by atoms with Gasteiger partial charge in [0.1, 0.15) is 6.04 Å². The van der Waals surface area contributed by atoms with E-state index in [0.717, 1.165) is 19.3 Å². The molecule has 0 aromatic carbocycles. The molecule has 0 bridgehead atoms. The summed E-state index contributed by atoms with van der Waals surface area (Å²) in [5.74, 6) is -0.563. The van der Waals surface area contributed by atoms with Gasteiger partial charge in [-0.3, -0.25) is 4.79 Å². The molecule has 2 unspecified atom stereocenters. The Morgan fingerprint density at radius 1 is 1.25 bits per heavy atom. The number of carboxylic acids is 1. The number of aliphatic carboxylic acids is 1. The maximum absolute atomic E-state index is 12.9. The second-order valence-electron chi connectivity index (χ2n) is 5.96. The van der Waals surface area contributed by atoms with Crippen LogP contribution in [0.25, 0.3) is 0 Å². The number of rotatable bonds is 4. The Morgan fingerprint density at radius 2 is 1.85 bits per heavy atom. The standard InChI is InChI=1S/C13H23NO4S2/c1-9(2)12-14(11(8-19-12)13(15)16)20(17,18)10-6-4-3-5-7-10/h9-12H,3-8H2,1-2H3,(H,15,16). The summed E-state index contributed by atoms with van der Waals surface area (Å²) >= 11 is 1.45. The number of carbonyl (C=O) groups is 1. The Balaban J connectivity index is 2.30. The zero-order valence-electron chi connectivity index (χ0n) is 12.0. The molecule has 1 aliphatic carbocycles. The van der Waals surface area contributed by atoms with Crippen molar-refractivity contribution >= 4 is 27.8 Å². The van der Waals surface area contributed by atoms with E-state index in [2.05, 4.69) is 0 Å². The first-order valence-electron chi connectivity index (χ1n) is 7.22. The average Bonchev–Trinajstić information content (AvgIpc) is 2.85. The predicted octanol–water partition coefficient (Wildman–Crippen LogP) is 2.13. The average molecular weight is 321 g/mol. The van der Waals surface area contributed by atoms with E-state index in [1.807, 2.05) is 13.8 Å². The highest BCUT2D eigenvalue weighted by Gasteiger charge is 2.49. The summed E-state index contributed by atoms with van der Waals surface area (Å²) in [6.45, 7) is 3.90. The van der Waals surface area contributed by atoms with Crippen LogP contribution in [0.3, 0.4) is 0 Å². The zero-order chi connectivity index (χ0) is 14.9. The second-order valence-corrected chi connectivity index (χ2v) is 9.22. The van der Waals surface area contributed by atoms with Crippen LogP contribution in [0.4, 0.5) is 0 Å². The van der Waals surface area contributed by atoms with Gasteiger partial charge < -0.3 is 5.11 Å². The molecule has 2 aliphatic rings. The summed E-state index contributed by atoms with van der Waals surface area (Å²) in [4.78, 5) is 11.4. The highest BCUT2D eigenvalue weighted by molar-refractivity contribution is 8.01. The molecular formula is C13H23NO4S2. The fraction of sp³-hybridized carbons (Fsp3) is 0.923. The lowest BCUT2D eigenvalue weighted by molar-refractivity contribution is -0.140. The molecule has 7 heteroatoms. The third kappa shape index (κ3) is 2.99. The van der Waals surface area contributed by atoms with Gasteiger partial charge in [-0.2, -0.15) is 4.31 Å². The molecule has 2 atom stereocenters. The SMILES string of the molecule is CC(C)C1SCC(C(=O)O)N1S(=O)(=O)C1CCCCC1. The Morgan fingerprint density at radius 3 is 2.35 bits per heavy atom. The fourth-order valence-electron chi connectivity index (χ4n) is 3.04. The molecule has 1 saturated carbocycles. The van der Waals surface area contributed by atoms with E-state index in [4.69, 9.17) is 0 Å². The molecule has 5 nitrogen and oxygen atoms in total. The van der Waals surface area contributed by atoms with Gasteiger partial charge in [0.15, 0.2) is 0 Å². The third-order valence-corrected chi connectivity index (χ3v) is 8.24. The highest BCUT2D eigenvalue weighted by Crippen LogP contribution is 2.39. The molecule has 0 amide bonds. The van der Waals surface area contributed by atoms with Gasteiger partial charge in [0.25, 0.3) is 0 Å². The van der Waals surface area contributed by atoms with Crippen molar-refractivity contribution in [1.29, 1.82) is 0 Å². The van der Waals surface area contributed by atoms with Crippen molar-refractivity contribution in [3.63, 3.8) is 0 Å². The molecule has 116 valence electrons. The fourth-order valence-corrected chi connectivity index (χ4v) is 7.36. The van der Waals surface area contributed by atoms with Gasteiger partial charge in [0, 0.05) is 5.75 Å². The molecule has 0 spiro atoms. The van der Waals surface area contributed by atoms with Crippen molar-refractivity contribution in [2.75, 3.05) is 5.75 Å². The summed E-state index contributed by atoms with van der Waals surface area (Å²) in [5.41, 5.74) is 0.